The van der Waals surface area contributed by atoms with Crippen LogP contribution in [0.5, 0.6) is 0 Å². The molecule has 0 saturated heterocycles. The molecule has 0 unspecified atom stereocenters. The van der Waals surface area contributed by atoms with Crippen LogP contribution in [0.3, 0.4) is 0 Å². The Morgan fingerprint density at radius 2 is 2.00 bits per heavy atom. The molecule has 2 rings (SSSR count). The summed E-state index contributed by atoms with van der Waals surface area (Å²) in [5, 5.41) is 3.01. The number of anilines is 1. The Labute approximate surface area is 105 Å². The van der Waals surface area contributed by atoms with Gasteiger partial charge in [0.05, 0.1) is 11.2 Å². The fourth-order valence-corrected chi connectivity index (χ4v) is 1.52. The summed E-state index contributed by atoms with van der Waals surface area (Å²) in [4.78, 5) is 15.9. The van der Waals surface area contributed by atoms with Crippen LogP contribution in [0.2, 0.25) is 0 Å². The van der Waals surface area contributed by atoms with E-state index in [-0.39, 0.29) is 11.6 Å². The molecule has 0 radical (unpaired) electrons. The van der Waals surface area contributed by atoms with Crippen molar-refractivity contribution < 1.29 is 9.18 Å². The Hall–Kier alpha value is -1.97. The van der Waals surface area contributed by atoms with Crippen LogP contribution in [0, 0.1) is 11.2 Å². The summed E-state index contributed by atoms with van der Waals surface area (Å²) in [6.45, 7) is 5.34. The van der Waals surface area contributed by atoms with Crippen LogP contribution >= 0.6 is 0 Å². The molecule has 18 heavy (non-hydrogen) atoms. The van der Waals surface area contributed by atoms with Crippen LogP contribution in [-0.2, 0) is 4.79 Å². The third-order valence-electron chi connectivity index (χ3n) is 2.65. The molecule has 0 atom stereocenters. The largest absolute Gasteiger partial charge is 0.323 e. The second kappa shape index (κ2) is 4.37. The summed E-state index contributed by atoms with van der Waals surface area (Å²) >= 11 is 0. The standard InChI is InChI=1S/C14H15FN2O/c1-14(2,3)13(18)17-11-7-6-10-9(12(11)15)5-4-8-16-10/h4-8H,1-3H3,(H,17,18). The highest BCUT2D eigenvalue weighted by atomic mass is 19.1. The van der Waals surface area contributed by atoms with Crippen molar-refractivity contribution >= 4 is 22.5 Å². The summed E-state index contributed by atoms with van der Waals surface area (Å²) in [7, 11) is 0. The Kier molecular flexibility index (Phi) is 3.03. The van der Waals surface area contributed by atoms with Crippen LogP contribution in [0.15, 0.2) is 30.5 Å². The molecule has 0 aliphatic heterocycles. The highest BCUT2D eigenvalue weighted by Crippen LogP contribution is 2.25. The molecule has 2 aromatic rings. The van der Waals surface area contributed by atoms with Crippen molar-refractivity contribution in [1.29, 1.82) is 0 Å². The lowest BCUT2D eigenvalue weighted by atomic mass is 9.95. The Morgan fingerprint density at radius 3 is 2.67 bits per heavy atom. The molecule has 1 aromatic carbocycles. The molecule has 0 fully saturated rings. The number of hydrogen-bond donors (Lipinski definition) is 1. The van der Waals surface area contributed by atoms with E-state index < -0.39 is 11.2 Å². The molecule has 0 saturated carbocycles. The Morgan fingerprint density at radius 1 is 1.28 bits per heavy atom. The van der Waals surface area contributed by atoms with Crippen LogP contribution < -0.4 is 5.32 Å². The van der Waals surface area contributed by atoms with Crippen molar-refractivity contribution in [2.24, 2.45) is 5.41 Å². The molecule has 1 aromatic heterocycles. The predicted octanol–water partition coefficient (Wildman–Crippen LogP) is 3.36. The van der Waals surface area contributed by atoms with Gasteiger partial charge in [-0.25, -0.2) is 4.39 Å². The fraction of sp³-hybridized carbons (Fsp3) is 0.286. The van der Waals surface area contributed by atoms with E-state index in [0.29, 0.717) is 10.9 Å². The number of fused-ring (bicyclic) bond motifs is 1. The van der Waals surface area contributed by atoms with Crippen molar-refractivity contribution in [3.63, 3.8) is 0 Å². The van der Waals surface area contributed by atoms with Gasteiger partial charge in [0.2, 0.25) is 5.91 Å². The minimum Gasteiger partial charge on any atom is -0.323 e. The molecule has 0 aliphatic rings. The van der Waals surface area contributed by atoms with E-state index in [1.54, 1.807) is 45.2 Å². The lowest BCUT2D eigenvalue weighted by molar-refractivity contribution is -0.123. The maximum atomic E-state index is 14.2. The summed E-state index contributed by atoms with van der Waals surface area (Å²) < 4.78 is 14.2. The number of halogens is 1. The molecule has 1 heterocycles. The molecular weight excluding hydrogens is 231 g/mol. The zero-order chi connectivity index (χ0) is 13.3. The number of benzene rings is 1. The molecule has 1 amide bonds. The third kappa shape index (κ3) is 2.32. The van der Waals surface area contributed by atoms with E-state index >= 15 is 0 Å². The second-order valence-electron chi connectivity index (χ2n) is 5.20. The van der Waals surface area contributed by atoms with E-state index in [1.165, 1.54) is 6.07 Å². The topological polar surface area (TPSA) is 42.0 Å². The number of aromatic nitrogens is 1. The van der Waals surface area contributed by atoms with Gasteiger partial charge in [-0.1, -0.05) is 20.8 Å². The van der Waals surface area contributed by atoms with Gasteiger partial charge >= 0.3 is 0 Å². The van der Waals surface area contributed by atoms with Gasteiger partial charge in [0.15, 0.2) is 5.82 Å². The van der Waals surface area contributed by atoms with Crippen LogP contribution in [-0.4, -0.2) is 10.9 Å². The SMILES string of the molecule is CC(C)(C)C(=O)Nc1ccc2ncccc2c1F. The first kappa shape index (κ1) is 12.5. The lowest BCUT2D eigenvalue weighted by Gasteiger charge is -2.18. The first-order chi connectivity index (χ1) is 8.39. The fourth-order valence-electron chi connectivity index (χ4n) is 1.52. The normalized spacial score (nSPS) is 11.6. The molecule has 4 heteroatoms. The van der Waals surface area contributed by atoms with E-state index in [1.807, 2.05) is 0 Å². The van der Waals surface area contributed by atoms with Crippen molar-refractivity contribution in [2.75, 3.05) is 5.32 Å². The van der Waals surface area contributed by atoms with Gasteiger partial charge in [-0.05, 0) is 24.3 Å². The number of rotatable bonds is 1. The quantitative estimate of drug-likeness (QED) is 0.838. The van der Waals surface area contributed by atoms with Crippen molar-refractivity contribution in [1.82, 2.24) is 4.98 Å². The first-order valence-corrected chi connectivity index (χ1v) is 5.74. The van der Waals surface area contributed by atoms with Crippen LogP contribution in [0.4, 0.5) is 10.1 Å². The minimum atomic E-state index is -0.559. The van der Waals surface area contributed by atoms with Gasteiger partial charge < -0.3 is 5.32 Å². The van der Waals surface area contributed by atoms with Gasteiger partial charge in [0.25, 0.3) is 0 Å². The van der Waals surface area contributed by atoms with Crippen molar-refractivity contribution in [3.8, 4) is 0 Å². The summed E-state index contributed by atoms with van der Waals surface area (Å²) in [5.41, 5.74) is 0.204. The average molecular weight is 246 g/mol. The highest BCUT2D eigenvalue weighted by molar-refractivity contribution is 5.96. The van der Waals surface area contributed by atoms with Crippen molar-refractivity contribution in [2.45, 2.75) is 20.8 Å². The molecule has 0 bridgehead atoms. The third-order valence-corrected chi connectivity index (χ3v) is 2.65. The van der Waals surface area contributed by atoms with Gasteiger partial charge in [-0.15, -0.1) is 0 Å². The zero-order valence-corrected chi connectivity index (χ0v) is 10.6. The van der Waals surface area contributed by atoms with E-state index in [9.17, 15) is 9.18 Å². The number of nitrogens with zero attached hydrogens (tertiary/aromatic N) is 1. The maximum absolute atomic E-state index is 14.2. The smallest absolute Gasteiger partial charge is 0.229 e. The molecule has 0 aliphatic carbocycles. The van der Waals surface area contributed by atoms with Crippen LogP contribution in [0.25, 0.3) is 10.9 Å². The van der Waals surface area contributed by atoms with Crippen LogP contribution in [0.1, 0.15) is 20.8 Å². The number of hydrogen-bond acceptors (Lipinski definition) is 2. The van der Waals surface area contributed by atoms with Gasteiger partial charge in [0, 0.05) is 17.0 Å². The summed E-state index contributed by atoms with van der Waals surface area (Å²) in [6.07, 6.45) is 1.61. The zero-order valence-electron chi connectivity index (χ0n) is 10.6. The number of carbonyl (C=O) groups excluding carboxylic acids is 1. The van der Waals surface area contributed by atoms with Crippen molar-refractivity contribution in [3.05, 3.63) is 36.3 Å². The summed E-state index contributed by atoms with van der Waals surface area (Å²) in [6, 6.07) is 6.54. The monoisotopic (exact) mass is 246 g/mol. The maximum Gasteiger partial charge on any atom is 0.229 e. The minimum absolute atomic E-state index is 0.190. The van der Waals surface area contributed by atoms with Gasteiger partial charge in [-0.3, -0.25) is 9.78 Å². The van der Waals surface area contributed by atoms with E-state index in [2.05, 4.69) is 10.3 Å². The number of pyridine rings is 1. The summed E-state index contributed by atoms with van der Waals surface area (Å²) in [5.74, 6) is -0.664. The second-order valence-corrected chi connectivity index (χ2v) is 5.20. The van der Waals surface area contributed by atoms with Gasteiger partial charge in [-0.2, -0.15) is 0 Å². The average Bonchev–Trinajstić information content (AvgIpc) is 2.32. The lowest BCUT2D eigenvalue weighted by Crippen LogP contribution is -2.28. The molecule has 1 N–H and O–H groups in total. The van der Waals surface area contributed by atoms with E-state index in [4.69, 9.17) is 0 Å². The highest BCUT2D eigenvalue weighted by Gasteiger charge is 2.22. The number of nitrogens with one attached hydrogen (secondary N) is 1. The molecular formula is C14H15FN2O. The Balaban J connectivity index is 2.41. The first-order valence-electron chi connectivity index (χ1n) is 5.74. The Bertz CT molecular complexity index is 602. The van der Waals surface area contributed by atoms with Gasteiger partial charge in [0.1, 0.15) is 0 Å². The van der Waals surface area contributed by atoms with E-state index in [0.717, 1.165) is 0 Å². The number of amides is 1. The molecule has 0 spiro atoms. The number of carbonyl (C=O) groups is 1. The predicted molar refractivity (Wildman–Crippen MR) is 69.8 cm³/mol. The molecule has 3 nitrogen and oxygen atoms in total. The molecule has 94 valence electrons.